The number of carbonyl (C=O) groups is 1. The number of fused-ring (bicyclic) bond motifs is 13. The van der Waals surface area contributed by atoms with E-state index in [1.54, 1.807) is 6.92 Å². The lowest BCUT2D eigenvalue weighted by Crippen LogP contribution is -2.56. The predicted octanol–water partition coefficient (Wildman–Crippen LogP) is 6.68. The summed E-state index contributed by atoms with van der Waals surface area (Å²) in [6, 6.07) is 12.8. The van der Waals surface area contributed by atoms with Gasteiger partial charge < -0.3 is 33.8 Å². The van der Waals surface area contributed by atoms with Crippen molar-refractivity contribution >= 4 is 88.5 Å². The van der Waals surface area contributed by atoms with Crippen molar-refractivity contribution in [2.45, 2.75) is 49.3 Å². The minimum Gasteiger partial charge on any atom is -0.494 e. The van der Waals surface area contributed by atoms with Crippen LogP contribution in [0.3, 0.4) is 0 Å². The average molecular weight is 616 g/mol. The van der Waals surface area contributed by atoms with Crippen LogP contribution in [0.15, 0.2) is 42.6 Å². The molecule has 43 heavy (non-hydrogen) atoms. The van der Waals surface area contributed by atoms with Crippen LogP contribution in [0, 0.1) is 0 Å². The first-order valence-corrected chi connectivity index (χ1v) is 17.5. The van der Waals surface area contributed by atoms with Crippen molar-refractivity contribution in [3.8, 4) is 5.88 Å². The highest BCUT2D eigenvalue weighted by Gasteiger charge is 2.65. The minimum atomic E-state index is -1.96. The summed E-state index contributed by atoms with van der Waals surface area (Å²) in [6.45, 7) is 3.94. The third-order valence-corrected chi connectivity index (χ3v) is 11.2. The monoisotopic (exact) mass is 615 g/mol. The summed E-state index contributed by atoms with van der Waals surface area (Å²) in [4.78, 5) is 16.5. The Morgan fingerprint density at radius 2 is 1.86 bits per heavy atom. The number of nitrogens with zero attached hydrogens (tertiary/aromatic N) is 2. The number of esters is 1. The van der Waals surface area contributed by atoms with Gasteiger partial charge in [0.25, 0.3) is 0 Å². The van der Waals surface area contributed by atoms with Crippen LogP contribution in [0.2, 0.25) is 0 Å². The van der Waals surface area contributed by atoms with Gasteiger partial charge in [0.2, 0.25) is 5.60 Å². The van der Waals surface area contributed by atoms with E-state index < -0.39 is 23.5 Å². The standard InChI is InChI=1S/C33H33N3O5S2/c1-6-42-15-17-7-9-22-19(11-17)26-27-21(14-34-30(27)37)25-20-12-18(16-43(4)5)8-10-23(20)36-29(25)28(26)35(22)24-13-33(39,31(38)40-3)32(36,2)41-24/h7-12,14,24,34,37,39H,4,6,13,15-16H2,1-3,5H3. The molecule has 8 nitrogen and oxygen atoms in total. The fourth-order valence-corrected chi connectivity index (χ4v) is 9.01. The molecule has 5 heterocycles. The molecule has 2 aliphatic rings. The molecule has 8 rings (SSSR count). The number of aromatic nitrogens is 3. The van der Waals surface area contributed by atoms with E-state index in [0.29, 0.717) is 0 Å². The maximum absolute atomic E-state index is 13.4. The molecule has 0 aliphatic carbocycles. The number of hydrogen-bond acceptors (Lipinski definition) is 6. The molecule has 6 aromatic rings. The molecule has 222 valence electrons. The molecule has 3 aromatic heterocycles. The zero-order valence-corrected chi connectivity index (χ0v) is 26.1. The third-order valence-electron chi connectivity index (χ3n) is 9.43. The van der Waals surface area contributed by atoms with E-state index in [9.17, 15) is 15.0 Å². The molecule has 0 radical (unpaired) electrons. The maximum Gasteiger partial charge on any atom is 0.343 e. The number of aromatic amines is 1. The Morgan fingerprint density at radius 3 is 2.60 bits per heavy atom. The molecule has 1 saturated heterocycles. The van der Waals surface area contributed by atoms with Crippen LogP contribution < -0.4 is 0 Å². The SMILES string of the molecule is C=S(C)Cc1ccc2c(c1)c1c3c[nH]c(O)c3c3c4cc(CSCC)ccc4n4c3c1n2C1(C)OC4CC1(O)C(=O)OC. The van der Waals surface area contributed by atoms with E-state index in [0.717, 1.165) is 77.2 Å². The summed E-state index contributed by atoms with van der Waals surface area (Å²) in [5.74, 6) is 6.32. The normalized spacial score (nSPS) is 23.8. The van der Waals surface area contributed by atoms with Gasteiger partial charge in [-0.2, -0.15) is 22.2 Å². The summed E-state index contributed by atoms with van der Waals surface area (Å²) < 4.78 is 16.2. The van der Waals surface area contributed by atoms with Gasteiger partial charge in [-0.3, -0.25) is 0 Å². The maximum atomic E-state index is 13.4. The van der Waals surface area contributed by atoms with Gasteiger partial charge in [-0.1, -0.05) is 24.9 Å². The highest BCUT2D eigenvalue weighted by molar-refractivity contribution is 8.12. The lowest BCUT2D eigenvalue weighted by Gasteiger charge is -2.37. The Labute approximate surface area is 254 Å². The number of ether oxygens (including phenoxy) is 2. The number of nitrogens with one attached hydrogen (secondary N) is 1. The van der Waals surface area contributed by atoms with Crippen molar-refractivity contribution in [2.75, 3.05) is 19.1 Å². The van der Waals surface area contributed by atoms with Crippen LogP contribution in [0.1, 0.15) is 37.6 Å². The summed E-state index contributed by atoms with van der Waals surface area (Å²) in [7, 11) is 1.24. The highest BCUT2D eigenvalue weighted by Crippen LogP contribution is 2.58. The van der Waals surface area contributed by atoms with Crippen molar-refractivity contribution in [1.29, 1.82) is 0 Å². The Kier molecular flexibility index (Phi) is 5.71. The van der Waals surface area contributed by atoms with Gasteiger partial charge in [0, 0.05) is 51.1 Å². The second-order valence-corrected chi connectivity index (χ2v) is 15.1. The minimum absolute atomic E-state index is 0.0124. The Morgan fingerprint density at radius 1 is 1.14 bits per heavy atom. The summed E-state index contributed by atoms with van der Waals surface area (Å²) in [5.41, 5.74) is 2.42. The fraction of sp³-hybridized carbons (Fsp3) is 0.333. The van der Waals surface area contributed by atoms with Crippen molar-refractivity contribution < 1.29 is 24.5 Å². The summed E-state index contributed by atoms with van der Waals surface area (Å²) in [5, 5.41) is 29.1. The van der Waals surface area contributed by atoms with Gasteiger partial charge in [0.1, 0.15) is 6.23 Å². The number of rotatable bonds is 6. The van der Waals surface area contributed by atoms with Crippen molar-refractivity contribution in [2.24, 2.45) is 0 Å². The molecule has 2 aliphatic heterocycles. The number of hydrogen-bond donors (Lipinski definition) is 3. The average Bonchev–Trinajstić information content (AvgIpc) is 3.67. The highest BCUT2D eigenvalue weighted by atomic mass is 32.2. The molecule has 2 bridgehead atoms. The fourth-order valence-electron chi connectivity index (χ4n) is 7.64. The van der Waals surface area contributed by atoms with E-state index in [-0.39, 0.29) is 22.8 Å². The van der Waals surface area contributed by atoms with E-state index in [4.69, 9.17) is 9.47 Å². The third kappa shape index (κ3) is 3.32. The number of H-pyrrole nitrogens is 1. The first-order chi connectivity index (χ1) is 20.6. The quantitative estimate of drug-likeness (QED) is 0.143. The molecular weight excluding hydrogens is 583 g/mol. The van der Waals surface area contributed by atoms with Gasteiger partial charge in [-0.15, -0.1) is 0 Å². The van der Waals surface area contributed by atoms with E-state index in [2.05, 4.69) is 65.0 Å². The van der Waals surface area contributed by atoms with E-state index >= 15 is 0 Å². The lowest BCUT2D eigenvalue weighted by molar-refractivity contribution is -0.202. The molecule has 4 unspecified atom stereocenters. The predicted molar refractivity (Wildman–Crippen MR) is 177 cm³/mol. The van der Waals surface area contributed by atoms with Gasteiger partial charge >= 0.3 is 5.97 Å². The molecule has 0 saturated carbocycles. The molecule has 3 aromatic carbocycles. The largest absolute Gasteiger partial charge is 0.494 e. The smallest absolute Gasteiger partial charge is 0.343 e. The lowest BCUT2D eigenvalue weighted by atomic mass is 9.89. The zero-order chi connectivity index (χ0) is 30.0. The van der Waals surface area contributed by atoms with Crippen molar-refractivity contribution in [3.63, 3.8) is 0 Å². The Hall–Kier alpha value is -3.44. The summed E-state index contributed by atoms with van der Waals surface area (Å²) >= 11 is 1.86. The molecule has 4 atom stereocenters. The molecule has 3 N–H and O–H groups in total. The molecule has 10 heteroatoms. The van der Waals surface area contributed by atoms with E-state index in [1.807, 2.05) is 22.5 Å². The number of aliphatic hydroxyl groups is 1. The second kappa shape index (κ2) is 9.04. The van der Waals surface area contributed by atoms with Crippen LogP contribution >= 0.6 is 22.2 Å². The zero-order valence-electron chi connectivity index (χ0n) is 24.5. The van der Waals surface area contributed by atoms with Gasteiger partial charge in [0.15, 0.2) is 11.6 Å². The molecule has 0 spiro atoms. The molecule has 1 fully saturated rings. The second-order valence-electron chi connectivity index (χ2n) is 12.0. The molecule has 0 amide bonds. The van der Waals surface area contributed by atoms with Crippen LogP contribution in [0.25, 0.3) is 54.4 Å². The van der Waals surface area contributed by atoms with Gasteiger partial charge in [0.05, 0.1) is 34.6 Å². The number of aromatic hydroxyl groups is 1. The number of methoxy groups -OCH3 is 1. The van der Waals surface area contributed by atoms with Crippen LogP contribution in [-0.4, -0.2) is 60.9 Å². The first kappa shape index (κ1) is 27.1. The Balaban J connectivity index is 1.64. The van der Waals surface area contributed by atoms with Crippen LogP contribution in [0.5, 0.6) is 5.88 Å². The number of benzene rings is 3. The van der Waals surface area contributed by atoms with Crippen LogP contribution in [0.4, 0.5) is 0 Å². The van der Waals surface area contributed by atoms with Crippen LogP contribution in [-0.2, 0) is 31.5 Å². The molecular formula is C33H33N3O5S2. The number of thioether (sulfide) groups is 1. The topological polar surface area (TPSA) is 102 Å². The van der Waals surface area contributed by atoms with E-state index in [1.165, 1.54) is 12.7 Å². The Bertz CT molecular complexity index is 2210. The first-order valence-electron chi connectivity index (χ1n) is 14.4. The van der Waals surface area contributed by atoms with Gasteiger partial charge in [-0.25, -0.2) is 4.79 Å². The summed E-state index contributed by atoms with van der Waals surface area (Å²) in [6.07, 6.45) is 3.33. The van der Waals surface area contributed by atoms with Crippen molar-refractivity contribution in [3.05, 3.63) is 53.7 Å². The van der Waals surface area contributed by atoms with Crippen molar-refractivity contribution in [1.82, 2.24) is 14.1 Å². The number of carbonyl (C=O) groups excluding carboxylic acids is 1. The van der Waals surface area contributed by atoms with Gasteiger partial charge in [-0.05, 0) is 54.3 Å².